The van der Waals surface area contributed by atoms with Gasteiger partial charge in [0.1, 0.15) is 11.5 Å². The van der Waals surface area contributed by atoms with Crippen molar-refractivity contribution in [1.29, 1.82) is 0 Å². The van der Waals surface area contributed by atoms with Crippen molar-refractivity contribution in [2.24, 2.45) is 0 Å². The summed E-state index contributed by atoms with van der Waals surface area (Å²) in [6.07, 6.45) is 2.33. The normalized spacial score (nSPS) is 18.4. The molecule has 1 N–H and O–H groups in total. The molecule has 5 heteroatoms. The van der Waals surface area contributed by atoms with Crippen molar-refractivity contribution in [2.45, 2.75) is 18.9 Å². The van der Waals surface area contributed by atoms with E-state index in [0.717, 1.165) is 47.4 Å². The van der Waals surface area contributed by atoms with Crippen molar-refractivity contribution in [2.75, 3.05) is 25.5 Å². The maximum absolute atomic E-state index is 13.2. The van der Waals surface area contributed by atoms with Crippen molar-refractivity contribution < 1.29 is 4.39 Å². The minimum Gasteiger partial charge on any atom is -0.364 e. The predicted octanol–water partition coefficient (Wildman–Crippen LogP) is 3.94. The molecule has 4 rings (SSSR count). The molecule has 4 nitrogen and oxygen atoms in total. The average molecular weight is 336 g/mol. The fourth-order valence-electron chi connectivity index (χ4n) is 3.51. The fraction of sp³-hybridized carbons (Fsp3) is 0.300. The SMILES string of the molecule is CN1CCCC(Nc2nnc(-c3ccc(F)cc3)c3ccccc23)C1. The smallest absolute Gasteiger partial charge is 0.156 e. The quantitative estimate of drug-likeness (QED) is 0.786. The highest BCUT2D eigenvalue weighted by Gasteiger charge is 2.19. The maximum Gasteiger partial charge on any atom is 0.156 e. The van der Waals surface area contributed by atoms with Crippen LogP contribution in [0.5, 0.6) is 0 Å². The van der Waals surface area contributed by atoms with Crippen LogP contribution in [0.4, 0.5) is 10.2 Å². The standard InChI is InChI=1S/C20H21FN4/c1-25-12-4-5-16(13-25)22-20-18-7-3-2-6-17(18)19(23-24-20)14-8-10-15(21)11-9-14/h2-3,6-11,16H,4-5,12-13H2,1H3,(H,22,24). The minimum absolute atomic E-state index is 0.249. The number of hydrogen-bond acceptors (Lipinski definition) is 4. The molecule has 1 aromatic heterocycles. The third-order valence-corrected chi connectivity index (χ3v) is 4.77. The molecule has 1 fully saturated rings. The number of aromatic nitrogens is 2. The molecule has 1 aliphatic rings. The second-order valence-corrected chi connectivity index (χ2v) is 6.70. The highest BCUT2D eigenvalue weighted by atomic mass is 19.1. The highest BCUT2D eigenvalue weighted by molar-refractivity contribution is 6.00. The van der Waals surface area contributed by atoms with E-state index in [0.29, 0.717) is 6.04 Å². The first-order valence-electron chi connectivity index (χ1n) is 8.67. The molecule has 2 heterocycles. The van der Waals surface area contributed by atoms with Gasteiger partial charge in [-0.2, -0.15) is 0 Å². The number of benzene rings is 2. The molecule has 0 radical (unpaired) electrons. The van der Waals surface area contributed by atoms with Crippen LogP contribution in [-0.2, 0) is 0 Å². The van der Waals surface area contributed by atoms with Gasteiger partial charge in [0.05, 0.1) is 0 Å². The van der Waals surface area contributed by atoms with Crippen molar-refractivity contribution in [3.8, 4) is 11.3 Å². The number of anilines is 1. The Bertz CT molecular complexity index is 879. The van der Waals surface area contributed by atoms with Crippen molar-refractivity contribution in [3.63, 3.8) is 0 Å². The van der Waals surface area contributed by atoms with E-state index in [1.165, 1.54) is 18.6 Å². The molecule has 1 atom stereocenters. The van der Waals surface area contributed by atoms with Gasteiger partial charge in [-0.1, -0.05) is 24.3 Å². The lowest BCUT2D eigenvalue weighted by molar-refractivity contribution is 0.261. The number of likely N-dealkylation sites (N-methyl/N-ethyl adjacent to an activating group) is 1. The van der Waals surface area contributed by atoms with Crippen LogP contribution < -0.4 is 5.32 Å². The van der Waals surface area contributed by atoms with E-state index in [4.69, 9.17) is 0 Å². The number of nitrogens with zero attached hydrogens (tertiary/aromatic N) is 3. The molecule has 0 amide bonds. The topological polar surface area (TPSA) is 41.0 Å². The Morgan fingerprint density at radius 3 is 2.56 bits per heavy atom. The zero-order valence-electron chi connectivity index (χ0n) is 14.2. The second kappa shape index (κ2) is 6.76. The van der Waals surface area contributed by atoms with E-state index < -0.39 is 0 Å². The first kappa shape index (κ1) is 16.0. The maximum atomic E-state index is 13.2. The van der Waals surface area contributed by atoms with E-state index in [-0.39, 0.29) is 5.82 Å². The van der Waals surface area contributed by atoms with E-state index in [9.17, 15) is 4.39 Å². The first-order valence-corrected chi connectivity index (χ1v) is 8.67. The van der Waals surface area contributed by atoms with E-state index in [1.807, 2.05) is 18.2 Å². The van der Waals surface area contributed by atoms with E-state index >= 15 is 0 Å². The van der Waals surface area contributed by atoms with Crippen LogP contribution in [0.3, 0.4) is 0 Å². The molecular weight excluding hydrogens is 315 g/mol. The Kier molecular flexibility index (Phi) is 4.32. The largest absolute Gasteiger partial charge is 0.364 e. The van der Waals surface area contributed by atoms with Gasteiger partial charge in [-0.3, -0.25) is 0 Å². The number of rotatable bonds is 3. The molecule has 25 heavy (non-hydrogen) atoms. The lowest BCUT2D eigenvalue weighted by Gasteiger charge is -2.30. The predicted molar refractivity (Wildman–Crippen MR) is 99.1 cm³/mol. The molecule has 0 bridgehead atoms. The monoisotopic (exact) mass is 336 g/mol. The number of fused-ring (bicyclic) bond motifs is 1. The third kappa shape index (κ3) is 3.33. The zero-order valence-corrected chi connectivity index (χ0v) is 14.2. The molecular formula is C20H21FN4. The Morgan fingerprint density at radius 2 is 1.80 bits per heavy atom. The van der Waals surface area contributed by atoms with Crippen molar-refractivity contribution in [1.82, 2.24) is 15.1 Å². The Labute approximate surface area is 146 Å². The Balaban J connectivity index is 1.73. The summed E-state index contributed by atoms with van der Waals surface area (Å²) in [7, 11) is 2.15. The van der Waals surface area contributed by atoms with E-state index in [1.54, 1.807) is 12.1 Å². The zero-order chi connectivity index (χ0) is 17.2. The molecule has 1 unspecified atom stereocenters. The minimum atomic E-state index is -0.249. The Morgan fingerprint density at radius 1 is 1.04 bits per heavy atom. The molecule has 1 saturated heterocycles. The van der Waals surface area contributed by atoms with Gasteiger partial charge >= 0.3 is 0 Å². The molecule has 0 saturated carbocycles. The number of hydrogen-bond donors (Lipinski definition) is 1. The molecule has 0 spiro atoms. The van der Waals surface area contributed by atoms with Crippen LogP contribution in [0.2, 0.25) is 0 Å². The van der Waals surface area contributed by atoms with Crippen LogP contribution in [0, 0.1) is 5.82 Å². The van der Waals surface area contributed by atoms with Crippen LogP contribution in [-0.4, -0.2) is 41.3 Å². The van der Waals surface area contributed by atoms with E-state index in [2.05, 4.69) is 33.5 Å². The van der Waals surface area contributed by atoms with Gasteiger partial charge < -0.3 is 10.2 Å². The molecule has 128 valence electrons. The van der Waals surface area contributed by atoms with Crippen LogP contribution in [0.25, 0.3) is 22.0 Å². The summed E-state index contributed by atoms with van der Waals surface area (Å²) in [5.41, 5.74) is 1.65. The van der Waals surface area contributed by atoms with Gasteiger partial charge in [0, 0.05) is 28.9 Å². The summed E-state index contributed by atoms with van der Waals surface area (Å²) in [6, 6.07) is 14.9. The van der Waals surface area contributed by atoms with Crippen LogP contribution in [0.15, 0.2) is 48.5 Å². The summed E-state index contributed by atoms with van der Waals surface area (Å²) in [6.45, 7) is 2.16. The molecule has 3 aromatic rings. The molecule has 0 aliphatic carbocycles. The van der Waals surface area contributed by atoms with Crippen molar-refractivity contribution >= 4 is 16.6 Å². The summed E-state index contributed by atoms with van der Waals surface area (Å²) in [4.78, 5) is 2.34. The van der Waals surface area contributed by atoms with Crippen LogP contribution >= 0.6 is 0 Å². The summed E-state index contributed by atoms with van der Waals surface area (Å²) in [5, 5.41) is 14.5. The van der Waals surface area contributed by atoms with Crippen molar-refractivity contribution in [3.05, 3.63) is 54.3 Å². The highest BCUT2D eigenvalue weighted by Crippen LogP contribution is 2.30. The number of nitrogens with one attached hydrogen (secondary N) is 1. The van der Waals surface area contributed by atoms with Gasteiger partial charge in [0.15, 0.2) is 5.82 Å². The number of likely N-dealkylation sites (tertiary alicyclic amines) is 1. The van der Waals surface area contributed by atoms with Gasteiger partial charge in [-0.15, -0.1) is 10.2 Å². The Hall–Kier alpha value is -2.53. The lowest BCUT2D eigenvalue weighted by Crippen LogP contribution is -2.40. The lowest BCUT2D eigenvalue weighted by atomic mass is 10.0. The number of halogens is 1. The summed E-state index contributed by atoms with van der Waals surface area (Å²) < 4.78 is 13.2. The first-order chi connectivity index (χ1) is 12.2. The molecule has 1 aliphatic heterocycles. The average Bonchev–Trinajstić information content (AvgIpc) is 2.63. The number of piperidine rings is 1. The van der Waals surface area contributed by atoms with Gasteiger partial charge in [-0.05, 0) is 50.7 Å². The van der Waals surface area contributed by atoms with Gasteiger partial charge in [0.25, 0.3) is 0 Å². The van der Waals surface area contributed by atoms with Crippen LogP contribution in [0.1, 0.15) is 12.8 Å². The summed E-state index contributed by atoms with van der Waals surface area (Å²) in [5.74, 6) is 0.572. The fourth-order valence-corrected chi connectivity index (χ4v) is 3.51. The molecule has 2 aromatic carbocycles. The third-order valence-electron chi connectivity index (χ3n) is 4.77. The van der Waals surface area contributed by atoms with Gasteiger partial charge in [-0.25, -0.2) is 4.39 Å². The summed E-state index contributed by atoms with van der Waals surface area (Å²) >= 11 is 0. The second-order valence-electron chi connectivity index (χ2n) is 6.70. The van der Waals surface area contributed by atoms with Gasteiger partial charge in [0.2, 0.25) is 0 Å².